The molecular weight excluding hydrogens is 368 g/mol. The van der Waals surface area contributed by atoms with Gasteiger partial charge in [0.15, 0.2) is 0 Å². The molecule has 1 aliphatic rings. The van der Waals surface area contributed by atoms with Gasteiger partial charge >= 0.3 is 0 Å². The number of nitrogens with zero attached hydrogens (tertiary/aromatic N) is 1. The summed E-state index contributed by atoms with van der Waals surface area (Å²) in [6, 6.07) is 1.78. The number of carbonyl (C=O) groups excluding carboxylic acids is 1. The fraction of sp³-hybridized carbons (Fsp3) is 0.643. The standard InChI is InChI=1S/C14H24N4O3S3/c1-3-12(19)17-6-5-7-18-9-11(16-4-2)10-8-13(24(15,20)21)22-14(10)23-18/h8,11,16H,3-7,9H2,1-2H3,(H,17,19)(H2,15,20,21)/t11-/m0/s1. The van der Waals surface area contributed by atoms with Crippen molar-refractivity contribution in [1.82, 2.24) is 14.9 Å². The fourth-order valence-corrected chi connectivity index (χ4v) is 6.01. The Kier molecular flexibility index (Phi) is 7.08. The molecule has 4 N–H and O–H groups in total. The van der Waals surface area contributed by atoms with Crippen LogP contribution in [0.1, 0.15) is 38.3 Å². The van der Waals surface area contributed by atoms with Crippen LogP contribution < -0.4 is 15.8 Å². The second-order valence-electron chi connectivity index (χ2n) is 5.50. The predicted molar refractivity (Wildman–Crippen MR) is 97.5 cm³/mol. The van der Waals surface area contributed by atoms with Crippen LogP contribution in [0.25, 0.3) is 0 Å². The lowest BCUT2D eigenvalue weighted by Gasteiger charge is -2.32. The number of primary sulfonamides is 1. The maximum absolute atomic E-state index is 11.6. The second kappa shape index (κ2) is 8.63. The van der Waals surface area contributed by atoms with Crippen LogP contribution in [0.4, 0.5) is 0 Å². The third kappa shape index (κ3) is 5.17. The van der Waals surface area contributed by atoms with Gasteiger partial charge in [0, 0.05) is 32.1 Å². The summed E-state index contributed by atoms with van der Waals surface area (Å²) in [6.07, 6.45) is 1.34. The molecule has 0 aliphatic carbocycles. The molecule has 1 amide bonds. The van der Waals surface area contributed by atoms with Crippen LogP contribution in [-0.2, 0) is 14.8 Å². The number of fused-ring (bicyclic) bond motifs is 1. The lowest BCUT2D eigenvalue weighted by atomic mass is 10.1. The molecule has 1 aliphatic heterocycles. The number of hydrogen-bond donors (Lipinski definition) is 3. The maximum atomic E-state index is 11.6. The van der Waals surface area contributed by atoms with Crippen molar-refractivity contribution in [2.24, 2.45) is 5.14 Å². The highest BCUT2D eigenvalue weighted by atomic mass is 32.3. The van der Waals surface area contributed by atoms with Crippen LogP contribution in [0.15, 0.2) is 14.5 Å². The van der Waals surface area contributed by atoms with Crippen molar-refractivity contribution in [2.75, 3.05) is 26.2 Å². The first-order chi connectivity index (χ1) is 11.3. The second-order valence-corrected chi connectivity index (χ2v) is 9.71. The first-order valence-electron chi connectivity index (χ1n) is 7.94. The van der Waals surface area contributed by atoms with Crippen molar-refractivity contribution in [3.8, 4) is 0 Å². The first-order valence-corrected chi connectivity index (χ1v) is 11.1. The van der Waals surface area contributed by atoms with Gasteiger partial charge < -0.3 is 10.6 Å². The maximum Gasteiger partial charge on any atom is 0.247 e. The van der Waals surface area contributed by atoms with Gasteiger partial charge in [-0.25, -0.2) is 17.9 Å². The number of rotatable bonds is 8. The Morgan fingerprint density at radius 1 is 1.46 bits per heavy atom. The molecule has 0 saturated carbocycles. The number of nitrogens with two attached hydrogens (primary N) is 1. The molecule has 0 bridgehead atoms. The molecule has 10 heteroatoms. The minimum Gasteiger partial charge on any atom is -0.356 e. The number of sulfonamides is 1. The highest BCUT2D eigenvalue weighted by Gasteiger charge is 2.29. The predicted octanol–water partition coefficient (Wildman–Crippen LogP) is 1.29. The van der Waals surface area contributed by atoms with Crippen LogP contribution in [-0.4, -0.2) is 44.8 Å². The third-order valence-corrected chi connectivity index (χ3v) is 7.47. The Morgan fingerprint density at radius 3 is 2.83 bits per heavy atom. The van der Waals surface area contributed by atoms with Gasteiger partial charge in [0.2, 0.25) is 15.9 Å². The first kappa shape index (κ1) is 19.7. The Hall–Kier alpha value is -0.650. The van der Waals surface area contributed by atoms with E-state index in [9.17, 15) is 13.2 Å². The number of thiophene rings is 1. The molecular formula is C14H24N4O3S3. The molecule has 0 spiro atoms. The van der Waals surface area contributed by atoms with E-state index in [1.165, 1.54) is 11.3 Å². The van der Waals surface area contributed by atoms with E-state index in [0.717, 1.165) is 35.8 Å². The van der Waals surface area contributed by atoms with Crippen LogP contribution in [0.5, 0.6) is 0 Å². The highest BCUT2D eigenvalue weighted by molar-refractivity contribution is 7.99. The lowest BCUT2D eigenvalue weighted by Crippen LogP contribution is -2.36. The van der Waals surface area contributed by atoms with Gasteiger partial charge in [-0.1, -0.05) is 13.8 Å². The number of hydrogen-bond acceptors (Lipinski definition) is 7. The van der Waals surface area contributed by atoms with Gasteiger partial charge in [0.1, 0.15) is 4.21 Å². The summed E-state index contributed by atoms with van der Waals surface area (Å²) in [5, 5.41) is 11.5. The molecule has 0 fully saturated rings. The van der Waals surface area contributed by atoms with Crippen LogP contribution in [0.3, 0.4) is 0 Å². The van der Waals surface area contributed by atoms with E-state index in [-0.39, 0.29) is 16.2 Å². The van der Waals surface area contributed by atoms with Gasteiger partial charge in [-0.2, -0.15) is 0 Å². The molecule has 2 rings (SSSR count). The number of likely N-dealkylation sites (N-methyl/N-ethyl adjacent to an activating group) is 1. The zero-order valence-corrected chi connectivity index (χ0v) is 16.3. The normalized spacial score (nSPS) is 18.4. The van der Waals surface area contributed by atoms with Gasteiger partial charge in [0.05, 0.1) is 4.21 Å². The van der Waals surface area contributed by atoms with Gasteiger partial charge in [0.25, 0.3) is 0 Å². The van der Waals surface area contributed by atoms with E-state index in [2.05, 4.69) is 14.9 Å². The molecule has 2 heterocycles. The SMILES string of the molecule is CCN[C@H]1CN(CCCNC(=O)CC)Sc2sc(S(N)(=O)=O)cc21. The van der Waals surface area contributed by atoms with Crippen LogP contribution in [0.2, 0.25) is 0 Å². The Balaban J connectivity index is 2.02. The van der Waals surface area contributed by atoms with Crippen LogP contribution >= 0.6 is 23.3 Å². The van der Waals surface area contributed by atoms with E-state index in [1.54, 1.807) is 18.0 Å². The number of nitrogens with one attached hydrogen (secondary N) is 2. The number of amides is 1. The summed E-state index contributed by atoms with van der Waals surface area (Å²) < 4.78 is 26.6. The van der Waals surface area contributed by atoms with Crippen LogP contribution in [0, 0.1) is 0 Å². The summed E-state index contributed by atoms with van der Waals surface area (Å²) in [5.41, 5.74) is 1.01. The molecule has 0 aromatic carbocycles. The van der Waals surface area contributed by atoms with E-state index < -0.39 is 10.0 Å². The number of carbonyl (C=O) groups is 1. The molecule has 1 aromatic rings. The Labute approximate surface area is 151 Å². The van der Waals surface area contributed by atoms with Crippen molar-refractivity contribution >= 4 is 39.2 Å². The summed E-state index contributed by atoms with van der Waals surface area (Å²) in [5.74, 6) is 0.0603. The minimum atomic E-state index is -3.67. The molecule has 24 heavy (non-hydrogen) atoms. The fourth-order valence-electron chi connectivity index (χ4n) is 2.44. The summed E-state index contributed by atoms with van der Waals surface area (Å²) in [7, 11) is -3.67. The van der Waals surface area contributed by atoms with E-state index in [4.69, 9.17) is 5.14 Å². The van der Waals surface area contributed by atoms with Crippen molar-refractivity contribution in [3.63, 3.8) is 0 Å². The van der Waals surface area contributed by atoms with Crippen molar-refractivity contribution in [2.45, 2.75) is 41.1 Å². The molecule has 0 saturated heterocycles. The minimum absolute atomic E-state index is 0.0603. The average molecular weight is 393 g/mol. The highest BCUT2D eigenvalue weighted by Crippen LogP contribution is 2.43. The molecule has 0 radical (unpaired) electrons. The Morgan fingerprint density at radius 2 is 2.21 bits per heavy atom. The summed E-state index contributed by atoms with van der Waals surface area (Å²) in [6.45, 7) is 6.91. The van der Waals surface area contributed by atoms with E-state index >= 15 is 0 Å². The molecule has 1 atom stereocenters. The topological polar surface area (TPSA) is 105 Å². The van der Waals surface area contributed by atoms with E-state index in [0.29, 0.717) is 13.0 Å². The Bertz CT molecular complexity index is 675. The third-order valence-electron chi connectivity index (χ3n) is 3.63. The van der Waals surface area contributed by atoms with Gasteiger partial charge in [-0.05, 0) is 36.5 Å². The quantitative estimate of drug-likeness (QED) is 0.455. The zero-order valence-electron chi connectivity index (χ0n) is 13.9. The monoisotopic (exact) mass is 392 g/mol. The summed E-state index contributed by atoms with van der Waals surface area (Å²) in [4.78, 5) is 11.3. The van der Waals surface area contributed by atoms with Gasteiger partial charge in [-0.3, -0.25) is 4.79 Å². The zero-order chi connectivity index (χ0) is 17.7. The summed E-state index contributed by atoms with van der Waals surface area (Å²) >= 11 is 2.79. The van der Waals surface area contributed by atoms with Crippen molar-refractivity contribution in [1.29, 1.82) is 0 Å². The molecule has 1 aromatic heterocycles. The van der Waals surface area contributed by atoms with Gasteiger partial charge in [-0.15, -0.1) is 11.3 Å². The molecule has 136 valence electrons. The molecule has 7 nitrogen and oxygen atoms in total. The largest absolute Gasteiger partial charge is 0.356 e. The lowest BCUT2D eigenvalue weighted by molar-refractivity contribution is -0.120. The molecule has 0 unspecified atom stereocenters. The smallest absolute Gasteiger partial charge is 0.247 e. The van der Waals surface area contributed by atoms with E-state index in [1.807, 2.05) is 13.8 Å². The van der Waals surface area contributed by atoms with Crippen molar-refractivity contribution in [3.05, 3.63) is 11.6 Å². The van der Waals surface area contributed by atoms with Crippen molar-refractivity contribution < 1.29 is 13.2 Å². The average Bonchev–Trinajstić information content (AvgIpc) is 2.96.